The van der Waals surface area contributed by atoms with Crippen molar-refractivity contribution in [3.8, 4) is 0 Å². The van der Waals surface area contributed by atoms with Crippen LogP contribution in [0.4, 0.5) is 0 Å². The van der Waals surface area contributed by atoms with E-state index in [1.165, 1.54) is 12.0 Å². The maximum atomic E-state index is 11.1. The number of carbonyl (C=O) groups is 1. The van der Waals surface area contributed by atoms with Gasteiger partial charge >= 0.3 is 0 Å². The Labute approximate surface area is 67.5 Å². The number of Topliss-reactive ketones (excluding diaryl/α,β-unsaturated/α-hetero) is 1. The molecule has 0 N–H and O–H groups in total. The van der Waals surface area contributed by atoms with Crippen LogP contribution in [0, 0.1) is 11.8 Å². The second kappa shape index (κ2) is 2.47. The Bertz CT molecular complexity index is 215. The van der Waals surface area contributed by atoms with Crippen molar-refractivity contribution in [2.45, 2.75) is 32.6 Å². The highest BCUT2D eigenvalue weighted by atomic mass is 16.1. The Morgan fingerprint density at radius 3 is 3.18 bits per heavy atom. The van der Waals surface area contributed by atoms with Gasteiger partial charge in [0.2, 0.25) is 0 Å². The second-order valence-corrected chi connectivity index (χ2v) is 3.83. The van der Waals surface area contributed by atoms with E-state index in [1.54, 1.807) is 0 Å². The molecule has 1 saturated carbocycles. The molecule has 0 unspecified atom stereocenters. The number of allylic oxidation sites excluding steroid dienone is 2. The van der Waals surface area contributed by atoms with Gasteiger partial charge in [-0.15, -0.1) is 0 Å². The average molecular weight is 150 g/mol. The van der Waals surface area contributed by atoms with Crippen LogP contribution in [-0.4, -0.2) is 5.78 Å². The van der Waals surface area contributed by atoms with Gasteiger partial charge in [-0.1, -0.05) is 11.6 Å². The minimum atomic E-state index is 0.473. The normalized spacial score (nSPS) is 36.8. The van der Waals surface area contributed by atoms with Gasteiger partial charge in [0.25, 0.3) is 0 Å². The average Bonchev–Trinajstić information content (AvgIpc) is 2.33. The fourth-order valence-corrected chi connectivity index (χ4v) is 2.37. The zero-order valence-corrected chi connectivity index (χ0v) is 6.97. The molecule has 1 nitrogen and oxygen atoms in total. The van der Waals surface area contributed by atoms with Crippen LogP contribution in [0.2, 0.25) is 0 Å². The van der Waals surface area contributed by atoms with Gasteiger partial charge in [-0.2, -0.15) is 0 Å². The molecule has 0 spiro atoms. The van der Waals surface area contributed by atoms with Crippen molar-refractivity contribution < 1.29 is 4.79 Å². The summed E-state index contributed by atoms with van der Waals surface area (Å²) in [5.74, 6) is 1.91. The summed E-state index contributed by atoms with van der Waals surface area (Å²) in [5, 5.41) is 0. The molecule has 2 aliphatic carbocycles. The predicted molar refractivity (Wildman–Crippen MR) is 44.2 cm³/mol. The molecule has 0 radical (unpaired) electrons. The van der Waals surface area contributed by atoms with Crippen LogP contribution in [-0.2, 0) is 4.79 Å². The Morgan fingerprint density at radius 2 is 2.36 bits per heavy atom. The van der Waals surface area contributed by atoms with Gasteiger partial charge in [0.1, 0.15) is 5.78 Å². The molecule has 0 heterocycles. The van der Waals surface area contributed by atoms with Gasteiger partial charge in [0.05, 0.1) is 0 Å². The maximum Gasteiger partial charge on any atom is 0.133 e. The van der Waals surface area contributed by atoms with Crippen LogP contribution in [0.15, 0.2) is 11.6 Å². The Kier molecular flexibility index (Phi) is 1.59. The molecule has 60 valence electrons. The fraction of sp³-hybridized carbons (Fsp3) is 0.700. The van der Waals surface area contributed by atoms with Crippen molar-refractivity contribution in [2.75, 3.05) is 0 Å². The summed E-state index contributed by atoms with van der Waals surface area (Å²) in [6.07, 6.45) is 6.34. The third-order valence-corrected chi connectivity index (χ3v) is 3.14. The molecular weight excluding hydrogens is 136 g/mol. The molecular formula is C10H14O. The summed E-state index contributed by atoms with van der Waals surface area (Å²) in [6, 6.07) is 0. The Balaban J connectivity index is 2.13. The summed E-state index contributed by atoms with van der Waals surface area (Å²) < 4.78 is 0. The molecule has 0 amide bonds. The lowest BCUT2D eigenvalue weighted by molar-refractivity contribution is -0.122. The monoisotopic (exact) mass is 150 g/mol. The van der Waals surface area contributed by atoms with Gasteiger partial charge in [-0.05, 0) is 31.6 Å². The number of hydrogen-bond donors (Lipinski definition) is 0. The van der Waals surface area contributed by atoms with Crippen molar-refractivity contribution in [3.05, 3.63) is 11.6 Å². The van der Waals surface area contributed by atoms with Crippen LogP contribution in [0.5, 0.6) is 0 Å². The van der Waals surface area contributed by atoms with E-state index < -0.39 is 0 Å². The number of rotatable bonds is 0. The van der Waals surface area contributed by atoms with E-state index in [1.807, 2.05) is 0 Å². The highest BCUT2D eigenvalue weighted by Gasteiger charge is 2.32. The van der Waals surface area contributed by atoms with Gasteiger partial charge in [-0.3, -0.25) is 4.79 Å². The van der Waals surface area contributed by atoms with Gasteiger partial charge in [-0.25, -0.2) is 0 Å². The van der Waals surface area contributed by atoms with Crippen LogP contribution in [0.3, 0.4) is 0 Å². The van der Waals surface area contributed by atoms with Crippen molar-refractivity contribution in [1.29, 1.82) is 0 Å². The SMILES string of the molecule is CC1=CC[C@@H]2CCC(=O)C[C@H]12. The lowest BCUT2D eigenvalue weighted by Gasteiger charge is -2.25. The summed E-state index contributed by atoms with van der Waals surface area (Å²) >= 11 is 0. The molecule has 0 bridgehead atoms. The zero-order valence-electron chi connectivity index (χ0n) is 6.97. The number of hydrogen-bond acceptors (Lipinski definition) is 1. The first-order valence-electron chi connectivity index (χ1n) is 4.45. The van der Waals surface area contributed by atoms with Gasteiger partial charge in [0, 0.05) is 12.8 Å². The van der Waals surface area contributed by atoms with Crippen LogP contribution in [0.1, 0.15) is 32.6 Å². The molecule has 0 aliphatic heterocycles. The topological polar surface area (TPSA) is 17.1 Å². The molecule has 0 aromatic rings. The van der Waals surface area contributed by atoms with Crippen molar-refractivity contribution in [3.63, 3.8) is 0 Å². The summed E-state index contributed by atoms with van der Waals surface area (Å²) in [4.78, 5) is 11.1. The smallest absolute Gasteiger partial charge is 0.133 e. The van der Waals surface area contributed by atoms with Crippen LogP contribution in [0.25, 0.3) is 0 Å². The molecule has 2 atom stereocenters. The second-order valence-electron chi connectivity index (χ2n) is 3.83. The summed E-state index contributed by atoms with van der Waals surface area (Å²) in [5.41, 5.74) is 1.46. The first-order chi connectivity index (χ1) is 5.27. The van der Waals surface area contributed by atoms with E-state index in [4.69, 9.17) is 0 Å². The predicted octanol–water partition coefficient (Wildman–Crippen LogP) is 2.32. The van der Waals surface area contributed by atoms with Crippen molar-refractivity contribution in [2.24, 2.45) is 11.8 Å². The molecule has 1 fully saturated rings. The van der Waals surface area contributed by atoms with E-state index in [0.29, 0.717) is 11.7 Å². The van der Waals surface area contributed by atoms with E-state index in [0.717, 1.165) is 25.2 Å². The molecule has 2 rings (SSSR count). The standard InChI is InChI=1S/C10H14O/c1-7-2-3-8-4-5-9(11)6-10(7)8/h2,8,10H,3-6H2,1H3/t8-,10-/m1/s1. The third kappa shape index (κ3) is 1.13. The lowest BCUT2D eigenvalue weighted by Crippen LogP contribution is -2.21. The van der Waals surface area contributed by atoms with E-state index in [2.05, 4.69) is 13.0 Å². The van der Waals surface area contributed by atoms with Crippen molar-refractivity contribution in [1.82, 2.24) is 0 Å². The maximum absolute atomic E-state index is 11.1. The lowest BCUT2D eigenvalue weighted by atomic mass is 9.78. The molecule has 0 aromatic carbocycles. The quantitative estimate of drug-likeness (QED) is 0.484. The number of fused-ring (bicyclic) bond motifs is 1. The van der Waals surface area contributed by atoms with Gasteiger partial charge < -0.3 is 0 Å². The highest BCUT2D eigenvalue weighted by molar-refractivity contribution is 5.80. The molecule has 0 aromatic heterocycles. The minimum Gasteiger partial charge on any atom is -0.300 e. The van der Waals surface area contributed by atoms with Gasteiger partial charge in [0.15, 0.2) is 0 Å². The number of carbonyl (C=O) groups excluding carboxylic acids is 1. The Hall–Kier alpha value is -0.590. The van der Waals surface area contributed by atoms with Crippen LogP contribution >= 0.6 is 0 Å². The number of ketones is 1. The molecule has 1 heteroatoms. The van der Waals surface area contributed by atoms with Crippen molar-refractivity contribution >= 4 is 5.78 Å². The highest BCUT2D eigenvalue weighted by Crippen LogP contribution is 2.40. The minimum absolute atomic E-state index is 0.473. The zero-order chi connectivity index (χ0) is 7.84. The first kappa shape index (κ1) is 7.08. The first-order valence-corrected chi connectivity index (χ1v) is 4.45. The third-order valence-electron chi connectivity index (χ3n) is 3.14. The molecule has 0 saturated heterocycles. The summed E-state index contributed by atoms with van der Waals surface area (Å²) in [7, 11) is 0. The van der Waals surface area contributed by atoms with Crippen LogP contribution < -0.4 is 0 Å². The van der Waals surface area contributed by atoms with E-state index >= 15 is 0 Å². The molecule has 2 aliphatic rings. The Morgan fingerprint density at radius 1 is 1.55 bits per heavy atom. The molecule has 11 heavy (non-hydrogen) atoms. The largest absolute Gasteiger partial charge is 0.300 e. The van der Waals surface area contributed by atoms with E-state index in [9.17, 15) is 4.79 Å². The fourth-order valence-electron chi connectivity index (χ4n) is 2.37. The summed E-state index contributed by atoms with van der Waals surface area (Å²) in [6.45, 7) is 2.17. The van der Waals surface area contributed by atoms with E-state index in [-0.39, 0.29) is 0 Å².